The molecule has 1 unspecified atom stereocenters. The van der Waals surface area contributed by atoms with Crippen molar-refractivity contribution in [3.05, 3.63) is 35.4 Å². The predicted molar refractivity (Wildman–Crippen MR) is 73.4 cm³/mol. The van der Waals surface area contributed by atoms with Crippen LogP contribution in [-0.4, -0.2) is 29.2 Å². The molecule has 1 saturated heterocycles. The first-order chi connectivity index (χ1) is 9.11. The SMILES string of the molecule is O=C(c1ccc(F)cc1F)N1CCCC(CCBr)C1. The molecule has 1 aromatic carbocycles. The number of carbonyl (C=O) groups excluding carboxylic acids is 1. The van der Waals surface area contributed by atoms with Gasteiger partial charge >= 0.3 is 0 Å². The van der Waals surface area contributed by atoms with E-state index in [0.29, 0.717) is 19.0 Å². The van der Waals surface area contributed by atoms with Crippen LogP contribution in [0, 0.1) is 17.6 Å². The van der Waals surface area contributed by atoms with Gasteiger partial charge in [-0.1, -0.05) is 15.9 Å². The molecule has 0 N–H and O–H groups in total. The Hall–Kier alpha value is -0.970. The highest BCUT2D eigenvalue weighted by atomic mass is 79.9. The van der Waals surface area contributed by atoms with Gasteiger partial charge < -0.3 is 4.90 Å². The molecular weight excluding hydrogens is 316 g/mol. The van der Waals surface area contributed by atoms with E-state index in [9.17, 15) is 13.6 Å². The molecule has 1 aliphatic heterocycles. The van der Waals surface area contributed by atoms with Gasteiger partial charge in [-0.2, -0.15) is 0 Å². The Kier molecular flexibility index (Phi) is 4.91. The molecule has 0 saturated carbocycles. The monoisotopic (exact) mass is 331 g/mol. The second kappa shape index (κ2) is 6.46. The lowest BCUT2D eigenvalue weighted by Crippen LogP contribution is -2.40. The minimum absolute atomic E-state index is 0.0408. The predicted octanol–water partition coefficient (Wildman–Crippen LogP) is 3.60. The van der Waals surface area contributed by atoms with Crippen molar-refractivity contribution < 1.29 is 13.6 Å². The van der Waals surface area contributed by atoms with Crippen molar-refractivity contribution in [3.8, 4) is 0 Å². The zero-order chi connectivity index (χ0) is 13.8. The lowest BCUT2D eigenvalue weighted by molar-refractivity contribution is 0.0667. The summed E-state index contributed by atoms with van der Waals surface area (Å²) in [5.74, 6) is -1.32. The Labute approximate surface area is 119 Å². The minimum atomic E-state index is -0.785. The highest BCUT2D eigenvalue weighted by Gasteiger charge is 2.25. The molecule has 1 amide bonds. The van der Waals surface area contributed by atoms with Crippen LogP contribution in [0.1, 0.15) is 29.6 Å². The van der Waals surface area contributed by atoms with E-state index < -0.39 is 11.6 Å². The van der Waals surface area contributed by atoms with Crippen LogP contribution in [0.15, 0.2) is 18.2 Å². The van der Waals surface area contributed by atoms with E-state index in [1.54, 1.807) is 4.90 Å². The molecule has 2 nitrogen and oxygen atoms in total. The number of likely N-dealkylation sites (tertiary alicyclic amines) is 1. The summed E-state index contributed by atoms with van der Waals surface area (Å²) in [5, 5.41) is 0.907. The van der Waals surface area contributed by atoms with Crippen molar-refractivity contribution in [2.45, 2.75) is 19.3 Å². The molecule has 2 rings (SSSR count). The summed E-state index contributed by atoms with van der Waals surface area (Å²) >= 11 is 3.40. The second-order valence-corrected chi connectivity index (χ2v) is 5.65. The first kappa shape index (κ1) is 14.4. The Bertz CT molecular complexity index is 465. The maximum absolute atomic E-state index is 13.6. The van der Waals surface area contributed by atoms with Crippen LogP contribution >= 0.6 is 15.9 Å². The van der Waals surface area contributed by atoms with Gasteiger partial charge in [-0.15, -0.1) is 0 Å². The summed E-state index contributed by atoms with van der Waals surface area (Å²) in [4.78, 5) is 13.9. The first-order valence-electron chi connectivity index (χ1n) is 6.42. The lowest BCUT2D eigenvalue weighted by atomic mass is 9.95. The summed E-state index contributed by atoms with van der Waals surface area (Å²) in [6.07, 6.45) is 3.04. The molecule has 104 valence electrons. The number of piperidine rings is 1. The number of hydrogen-bond donors (Lipinski definition) is 0. The van der Waals surface area contributed by atoms with Gasteiger partial charge in [0.1, 0.15) is 11.6 Å². The summed E-state index contributed by atoms with van der Waals surface area (Å²) in [6.45, 7) is 1.30. The Morgan fingerprint density at radius 1 is 1.42 bits per heavy atom. The Morgan fingerprint density at radius 3 is 2.89 bits per heavy atom. The van der Waals surface area contributed by atoms with Crippen molar-refractivity contribution in [2.24, 2.45) is 5.92 Å². The molecule has 0 bridgehead atoms. The third kappa shape index (κ3) is 3.53. The third-order valence-electron chi connectivity index (χ3n) is 3.49. The van der Waals surface area contributed by atoms with Gasteiger partial charge in [0, 0.05) is 24.5 Å². The van der Waals surface area contributed by atoms with Crippen molar-refractivity contribution in [1.82, 2.24) is 4.90 Å². The van der Waals surface area contributed by atoms with E-state index in [1.807, 2.05) is 0 Å². The fourth-order valence-electron chi connectivity index (χ4n) is 2.47. The van der Waals surface area contributed by atoms with E-state index in [1.165, 1.54) is 6.07 Å². The van der Waals surface area contributed by atoms with Gasteiger partial charge in [0.25, 0.3) is 5.91 Å². The molecule has 1 aromatic rings. The van der Waals surface area contributed by atoms with E-state index in [2.05, 4.69) is 15.9 Å². The fraction of sp³-hybridized carbons (Fsp3) is 0.500. The fourth-order valence-corrected chi connectivity index (χ4v) is 3.12. The molecule has 5 heteroatoms. The standard InChI is InChI=1S/C14H16BrF2NO/c15-6-5-10-2-1-7-18(9-10)14(19)12-4-3-11(16)8-13(12)17/h3-4,8,10H,1-2,5-7,9H2. The van der Waals surface area contributed by atoms with Crippen molar-refractivity contribution >= 4 is 21.8 Å². The van der Waals surface area contributed by atoms with Crippen molar-refractivity contribution in [3.63, 3.8) is 0 Å². The zero-order valence-corrected chi connectivity index (χ0v) is 12.1. The van der Waals surface area contributed by atoms with E-state index >= 15 is 0 Å². The number of alkyl halides is 1. The molecule has 19 heavy (non-hydrogen) atoms. The van der Waals surface area contributed by atoms with Gasteiger partial charge in [-0.25, -0.2) is 8.78 Å². The molecule has 1 atom stereocenters. The highest BCUT2D eigenvalue weighted by molar-refractivity contribution is 9.09. The van der Waals surface area contributed by atoms with Crippen LogP contribution in [-0.2, 0) is 0 Å². The normalized spacial score (nSPS) is 19.5. The minimum Gasteiger partial charge on any atom is -0.338 e. The smallest absolute Gasteiger partial charge is 0.256 e. The number of amides is 1. The summed E-state index contributed by atoms with van der Waals surface area (Å²) in [5.41, 5.74) is -0.0408. The van der Waals surface area contributed by atoms with Gasteiger partial charge in [0.05, 0.1) is 5.56 Å². The van der Waals surface area contributed by atoms with Crippen LogP contribution in [0.4, 0.5) is 8.78 Å². The number of nitrogens with zero attached hydrogens (tertiary/aromatic N) is 1. The summed E-state index contributed by atoms with van der Waals surface area (Å²) in [6, 6.07) is 3.10. The Balaban J connectivity index is 2.10. The maximum Gasteiger partial charge on any atom is 0.256 e. The molecule has 1 aliphatic rings. The molecule has 1 heterocycles. The third-order valence-corrected chi connectivity index (χ3v) is 3.94. The number of rotatable bonds is 3. The largest absolute Gasteiger partial charge is 0.338 e. The van der Waals surface area contributed by atoms with Crippen molar-refractivity contribution in [2.75, 3.05) is 18.4 Å². The zero-order valence-electron chi connectivity index (χ0n) is 10.5. The molecular formula is C14H16BrF2NO. The van der Waals surface area contributed by atoms with E-state index in [-0.39, 0.29) is 11.5 Å². The number of benzene rings is 1. The molecule has 0 aliphatic carbocycles. The summed E-state index contributed by atoms with van der Waals surface area (Å²) < 4.78 is 26.5. The van der Waals surface area contributed by atoms with Crippen LogP contribution < -0.4 is 0 Å². The van der Waals surface area contributed by atoms with E-state index in [0.717, 1.165) is 36.7 Å². The second-order valence-electron chi connectivity index (χ2n) is 4.86. The number of carbonyl (C=O) groups is 1. The van der Waals surface area contributed by atoms with Gasteiger partial charge in [-0.05, 0) is 37.3 Å². The Morgan fingerprint density at radius 2 is 2.21 bits per heavy atom. The molecule has 0 radical (unpaired) electrons. The average molecular weight is 332 g/mol. The van der Waals surface area contributed by atoms with Gasteiger partial charge in [-0.3, -0.25) is 4.79 Å². The van der Waals surface area contributed by atoms with Crippen molar-refractivity contribution in [1.29, 1.82) is 0 Å². The molecule has 0 spiro atoms. The number of halogens is 3. The van der Waals surface area contributed by atoms with Crippen LogP contribution in [0.2, 0.25) is 0 Å². The van der Waals surface area contributed by atoms with Crippen LogP contribution in [0.25, 0.3) is 0 Å². The summed E-state index contributed by atoms with van der Waals surface area (Å²) in [7, 11) is 0. The molecule has 1 fully saturated rings. The highest BCUT2D eigenvalue weighted by Crippen LogP contribution is 2.22. The quantitative estimate of drug-likeness (QED) is 0.775. The maximum atomic E-state index is 13.6. The van der Waals surface area contributed by atoms with Gasteiger partial charge in [0.2, 0.25) is 0 Å². The number of hydrogen-bond acceptors (Lipinski definition) is 1. The first-order valence-corrected chi connectivity index (χ1v) is 7.54. The van der Waals surface area contributed by atoms with E-state index in [4.69, 9.17) is 0 Å². The van der Waals surface area contributed by atoms with Crippen LogP contribution in [0.3, 0.4) is 0 Å². The average Bonchev–Trinajstić information content (AvgIpc) is 2.39. The topological polar surface area (TPSA) is 20.3 Å². The van der Waals surface area contributed by atoms with Crippen LogP contribution in [0.5, 0.6) is 0 Å². The van der Waals surface area contributed by atoms with Gasteiger partial charge in [0.15, 0.2) is 0 Å². The lowest BCUT2D eigenvalue weighted by Gasteiger charge is -2.32. The molecule has 0 aromatic heterocycles.